The molecule has 0 rings (SSSR count). The summed E-state index contributed by atoms with van der Waals surface area (Å²) in [5, 5.41) is 0. The molecule has 0 aromatic rings. The Morgan fingerprint density at radius 1 is 0.800 bits per heavy atom. The maximum atomic E-state index is 0. The largest absolute Gasteiger partial charge is 0.187 e. The van der Waals surface area contributed by atoms with Gasteiger partial charge in [-0.15, -0.1) is 0 Å². The van der Waals surface area contributed by atoms with Crippen molar-refractivity contribution in [2.45, 2.75) is 0 Å². The van der Waals surface area contributed by atoms with Crippen molar-refractivity contribution in [3.8, 4) is 0 Å². The van der Waals surface area contributed by atoms with Crippen LogP contribution < -0.4 is 0 Å². The second kappa shape index (κ2) is 27.7. The molecule has 0 aliphatic rings. The molecule has 0 spiro atoms. The summed E-state index contributed by atoms with van der Waals surface area (Å²) < 4.78 is 0. The van der Waals surface area contributed by atoms with Gasteiger partial charge in [-0.3, -0.25) is 0 Å². The van der Waals surface area contributed by atoms with E-state index in [2.05, 4.69) is 0 Å². The van der Waals surface area contributed by atoms with Gasteiger partial charge in [0.1, 0.15) is 0 Å². The standard InChI is InChI=1S/2Al.B.La.Nb.6H. The SMILES string of the molecule is [AlH3].[AlH3].[B].[La].[Nb]. The van der Waals surface area contributed by atoms with E-state index in [1.807, 2.05) is 0 Å². The van der Waals surface area contributed by atoms with Gasteiger partial charge < -0.3 is 0 Å². The van der Waals surface area contributed by atoms with E-state index in [9.17, 15) is 0 Å². The summed E-state index contributed by atoms with van der Waals surface area (Å²) in [6.07, 6.45) is 0. The molecule has 0 aromatic heterocycles. The third-order valence-corrected chi connectivity index (χ3v) is 0. The number of rotatable bonds is 0. The zero-order chi connectivity index (χ0) is 0. The van der Waals surface area contributed by atoms with E-state index in [1.165, 1.54) is 0 Å². The van der Waals surface area contributed by atoms with Crippen molar-refractivity contribution in [2.75, 3.05) is 0 Å². The molecule has 0 amide bonds. The first-order valence-corrected chi connectivity index (χ1v) is 0. The zero-order valence-corrected chi connectivity index (χ0v) is 7.43. The minimum absolute atomic E-state index is 0. The van der Waals surface area contributed by atoms with Crippen molar-refractivity contribution in [1.29, 1.82) is 0 Å². The van der Waals surface area contributed by atoms with Crippen molar-refractivity contribution in [3.63, 3.8) is 0 Å². The topological polar surface area (TPSA) is 0 Å². The minimum Gasteiger partial charge on any atom is 0 e. The Morgan fingerprint density at radius 3 is 0.800 bits per heavy atom. The normalized spacial score (nSPS) is 0. The van der Waals surface area contributed by atoms with Crippen LogP contribution in [0.1, 0.15) is 0 Å². The Morgan fingerprint density at radius 2 is 0.800 bits per heavy atom. The molecule has 0 heterocycles. The van der Waals surface area contributed by atoms with E-state index in [0.29, 0.717) is 0 Å². The summed E-state index contributed by atoms with van der Waals surface area (Å²) in [5.74, 6) is 0. The molecule has 0 aliphatic heterocycles. The predicted octanol–water partition coefficient (Wildman–Crippen LogP) is -2.75. The van der Waals surface area contributed by atoms with Crippen LogP contribution in [0.4, 0.5) is 0 Å². The van der Waals surface area contributed by atoms with E-state index in [0.717, 1.165) is 0 Å². The van der Waals surface area contributed by atoms with Gasteiger partial charge in [0.2, 0.25) is 0 Å². The smallest absolute Gasteiger partial charge is 0 e. The van der Waals surface area contributed by atoms with E-state index in [1.54, 1.807) is 0 Å². The molecular weight excluding hydrogens is 297 g/mol. The van der Waals surface area contributed by atoms with E-state index in [-0.39, 0.29) is 101 Å². The monoisotopic (exact) mass is 303 g/mol. The molecular formula is H6Al2BLaNb. The summed E-state index contributed by atoms with van der Waals surface area (Å²) in [4.78, 5) is 0. The molecule has 0 fully saturated rings. The predicted molar refractivity (Wildman–Crippen MR) is 25.6 cm³/mol. The maximum absolute atomic E-state index is 0. The van der Waals surface area contributed by atoms with E-state index in [4.69, 9.17) is 0 Å². The first kappa shape index (κ1) is 42.9. The summed E-state index contributed by atoms with van der Waals surface area (Å²) >= 11 is 0. The van der Waals surface area contributed by atoms with Crippen LogP contribution in [0.3, 0.4) is 0 Å². The molecule has 0 nitrogen and oxygen atoms in total. The van der Waals surface area contributed by atoms with Crippen LogP contribution in [-0.4, -0.2) is 43.1 Å². The van der Waals surface area contributed by atoms with Crippen molar-refractivity contribution >= 4 is 43.1 Å². The fourth-order valence-corrected chi connectivity index (χ4v) is 0. The summed E-state index contributed by atoms with van der Waals surface area (Å²) in [7, 11) is 0. The Hall–Kier alpha value is 3.06. The third kappa shape index (κ3) is 19.3. The Bertz CT molecular complexity index is 9.61. The van der Waals surface area contributed by atoms with E-state index >= 15 is 0 Å². The molecule has 0 aliphatic carbocycles. The van der Waals surface area contributed by atoms with E-state index < -0.39 is 0 Å². The molecule has 23 valence electrons. The Balaban J connectivity index is 0. The fourth-order valence-electron chi connectivity index (χ4n) is 0. The summed E-state index contributed by atoms with van der Waals surface area (Å²) in [5.41, 5.74) is 0. The van der Waals surface area contributed by atoms with Gasteiger partial charge in [0.25, 0.3) is 0 Å². The van der Waals surface area contributed by atoms with Crippen LogP contribution in [0.25, 0.3) is 0 Å². The van der Waals surface area contributed by atoms with Gasteiger partial charge in [0, 0.05) is 66.4 Å². The maximum Gasteiger partial charge on any atom is 0.187 e. The summed E-state index contributed by atoms with van der Waals surface area (Å²) in [6, 6.07) is 0. The Labute approximate surface area is 99.2 Å². The molecule has 0 N–H and O–H groups in total. The second-order valence-electron chi connectivity index (χ2n) is 0. The van der Waals surface area contributed by atoms with Crippen LogP contribution in [0.5, 0.6) is 0 Å². The van der Waals surface area contributed by atoms with Crippen molar-refractivity contribution in [1.82, 2.24) is 0 Å². The van der Waals surface area contributed by atoms with Gasteiger partial charge >= 0.3 is 0 Å². The quantitative estimate of drug-likeness (QED) is 0.426. The average Bonchev–Trinajstić information content (AvgIpc) is 0. The minimum atomic E-state index is 0. The average molecular weight is 303 g/mol. The van der Waals surface area contributed by atoms with Crippen LogP contribution in [0, 0.1) is 35.6 Å². The van der Waals surface area contributed by atoms with Gasteiger partial charge in [0.15, 0.2) is 34.7 Å². The third-order valence-electron chi connectivity index (χ3n) is 0. The number of hydrogen-bond donors (Lipinski definition) is 0. The van der Waals surface area contributed by atoms with Crippen molar-refractivity contribution in [3.05, 3.63) is 0 Å². The first-order valence-electron chi connectivity index (χ1n) is 0. The molecule has 0 unspecified atom stereocenters. The van der Waals surface area contributed by atoms with Gasteiger partial charge in [-0.2, -0.15) is 0 Å². The molecule has 0 aromatic carbocycles. The Kier molecular flexibility index (Phi) is 237. The van der Waals surface area contributed by atoms with Crippen LogP contribution in [0.15, 0.2) is 0 Å². The van der Waals surface area contributed by atoms with Gasteiger partial charge in [-0.25, -0.2) is 0 Å². The van der Waals surface area contributed by atoms with Gasteiger partial charge in [-0.05, 0) is 0 Å². The van der Waals surface area contributed by atoms with Crippen molar-refractivity contribution in [2.24, 2.45) is 0 Å². The fraction of sp³-hybridized carbons (Fsp3) is 0. The zero-order valence-electron chi connectivity index (χ0n) is 1.60. The van der Waals surface area contributed by atoms with Gasteiger partial charge in [0.05, 0.1) is 0 Å². The van der Waals surface area contributed by atoms with Crippen LogP contribution >= 0.6 is 0 Å². The molecule has 0 saturated carbocycles. The van der Waals surface area contributed by atoms with Gasteiger partial charge in [-0.1, -0.05) is 0 Å². The molecule has 5 heavy (non-hydrogen) atoms. The molecule has 0 bridgehead atoms. The second-order valence-corrected chi connectivity index (χ2v) is 0. The first-order chi connectivity index (χ1) is 0. The molecule has 0 saturated heterocycles. The summed E-state index contributed by atoms with van der Waals surface area (Å²) in [6.45, 7) is 0. The van der Waals surface area contributed by atoms with Crippen LogP contribution in [0.2, 0.25) is 0 Å². The van der Waals surface area contributed by atoms with Crippen LogP contribution in [-0.2, 0) is 22.4 Å². The molecule has 5 radical (unpaired) electrons. The number of hydrogen-bond acceptors (Lipinski definition) is 0. The van der Waals surface area contributed by atoms with Crippen molar-refractivity contribution < 1.29 is 58.0 Å². The molecule has 5 heteroatoms. The molecule has 0 atom stereocenters.